The molecule has 1 heterocycles. The van der Waals surface area contributed by atoms with E-state index in [1.165, 1.54) is 0 Å². The number of carboxylic acid groups (broad SMARTS) is 1. The van der Waals surface area contributed by atoms with Gasteiger partial charge in [-0.25, -0.2) is 9.59 Å². The molecule has 2 rings (SSSR count). The van der Waals surface area contributed by atoms with Crippen LogP contribution < -0.4 is 4.90 Å². The Bertz CT molecular complexity index is 816. The topological polar surface area (TPSA) is 119 Å². The van der Waals surface area contributed by atoms with Crippen LogP contribution in [-0.2, 0) is 4.74 Å². The summed E-state index contributed by atoms with van der Waals surface area (Å²) in [6.45, 7) is 12.7. The number of azide groups is 1. The van der Waals surface area contributed by atoms with Crippen LogP contribution in [0.4, 0.5) is 16.2 Å². The third kappa shape index (κ3) is 4.31. The first kappa shape index (κ1) is 21.4. The molecule has 1 amide bonds. The lowest BCUT2D eigenvalue weighted by Gasteiger charge is -2.38. The lowest BCUT2D eigenvalue weighted by Crippen LogP contribution is -2.50. The van der Waals surface area contributed by atoms with Gasteiger partial charge in [0.15, 0.2) is 0 Å². The molecule has 0 aromatic heterocycles. The Hall–Kier alpha value is -2.93. The van der Waals surface area contributed by atoms with Crippen LogP contribution in [0.3, 0.4) is 0 Å². The number of amides is 1. The van der Waals surface area contributed by atoms with Crippen LogP contribution >= 0.6 is 0 Å². The summed E-state index contributed by atoms with van der Waals surface area (Å²) >= 11 is 0. The van der Waals surface area contributed by atoms with Crippen LogP contribution in [0.25, 0.3) is 10.4 Å². The number of hydrogen-bond donors (Lipinski definition) is 1. The molecule has 0 radical (unpaired) electrons. The Kier molecular flexibility index (Phi) is 6.09. The Morgan fingerprint density at radius 1 is 1.07 bits per heavy atom. The predicted molar refractivity (Wildman–Crippen MR) is 106 cm³/mol. The molecule has 1 aromatic carbocycles. The van der Waals surface area contributed by atoms with Crippen molar-refractivity contribution < 1.29 is 19.4 Å². The lowest BCUT2D eigenvalue weighted by molar-refractivity contribution is 0.0240. The minimum absolute atomic E-state index is 0.151. The van der Waals surface area contributed by atoms with Crippen LogP contribution in [0, 0.1) is 20.8 Å². The van der Waals surface area contributed by atoms with Crippen molar-refractivity contribution in [1.82, 2.24) is 4.90 Å². The SMILES string of the molecule is Cc1c(N=[N+]=[N-])c(C)c(N2CCN(C(=O)OC(C)(C)C)CC2)c(C)c1C(=O)O. The largest absolute Gasteiger partial charge is 0.478 e. The van der Waals surface area contributed by atoms with Crippen molar-refractivity contribution in [2.24, 2.45) is 5.11 Å². The zero-order valence-electron chi connectivity index (χ0n) is 17.2. The number of carbonyl (C=O) groups is 2. The highest BCUT2D eigenvalue weighted by Gasteiger charge is 2.29. The average Bonchev–Trinajstić information content (AvgIpc) is 2.57. The summed E-state index contributed by atoms with van der Waals surface area (Å²) in [5.41, 5.74) is 11.4. The second kappa shape index (κ2) is 7.98. The van der Waals surface area contributed by atoms with E-state index in [0.717, 1.165) is 11.3 Å². The number of aromatic carboxylic acids is 1. The molecule has 0 atom stereocenters. The summed E-state index contributed by atoms with van der Waals surface area (Å²) in [5.74, 6) is -1.06. The van der Waals surface area contributed by atoms with Crippen LogP contribution in [-0.4, -0.2) is 53.8 Å². The molecular weight excluding hydrogens is 362 g/mol. The fourth-order valence-corrected chi connectivity index (χ4v) is 3.62. The highest BCUT2D eigenvalue weighted by Crippen LogP contribution is 2.39. The van der Waals surface area contributed by atoms with Crippen molar-refractivity contribution in [3.63, 3.8) is 0 Å². The second-order valence-corrected chi connectivity index (χ2v) is 7.90. The van der Waals surface area contributed by atoms with E-state index in [1.54, 1.807) is 18.7 Å². The van der Waals surface area contributed by atoms with Crippen LogP contribution in [0.15, 0.2) is 5.11 Å². The Morgan fingerprint density at radius 2 is 1.64 bits per heavy atom. The highest BCUT2D eigenvalue weighted by atomic mass is 16.6. The number of benzene rings is 1. The van der Waals surface area contributed by atoms with Crippen molar-refractivity contribution >= 4 is 23.4 Å². The van der Waals surface area contributed by atoms with Gasteiger partial charge in [0.1, 0.15) is 5.60 Å². The number of ether oxygens (including phenoxy) is 1. The van der Waals surface area contributed by atoms with Gasteiger partial charge >= 0.3 is 12.1 Å². The standard InChI is InChI=1S/C19H27N5O4/c1-11-14(17(25)26)12(2)16(13(3)15(11)21-22-20)23-7-9-24(10-8-23)18(27)28-19(4,5)6/h7-10H2,1-6H3,(H,25,26). The molecule has 1 aliphatic heterocycles. The molecule has 0 bridgehead atoms. The molecular formula is C19H27N5O4. The molecule has 0 aliphatic carbocycles. The van der Waals surface area contributed by atoms with E-state index >= 15 is 0 Å². The monoisotopic (exact) mass is 389 g/mol. The zero-order valence-corrected chi connectivity index (χ0v) is 17.2. The molecule has 0 unspecified atom stereocenters. The summed E-state index contributed by atoms with van der Waals surface area (Å²) in [6.07, 6.45) is -0.356. The number of nitrogens with zero attached hydrogens (tertiary/aromatic N) is 5. The van der Waals surface area contributed by atoms with E-state index in [-0.39, 0.29) is 11.7 Å². The zero-order chi connectivity index (χ0) is 21.2. The van der Waals surface area contributed by atoms with Crippen molar-refractivity contribution in [1.29, 1.82) is 0 Å². The summed E-state index contributed by atoms with van der Waals surface area (Å²) < 4.78 is 5.42. The maximum absolute atomic E-state index is 12.3. The van der Waals surface area contributed by atoms with Crippen LogP contribution in [0.1, 0.15) is 47.8 Å². The van der Waals surface area contributed by atoms with Gasteiger partial charge in [0.2, 0.25) is 0 Å². The fraction of sp³-hybridized carbons (Fsp3) is 0.579. The van der Waals surface area contributed by atoms with Crippen LogP contribution in [0.2, 0.25) is 0 Å². The predicted octanol–water partition coefficient (Wildman–Crippen LogP) is 4.31. The third-order valence-corrected chi connectivity index (χ3v) is 4.78. The maximum atomic E-state index is 12.3. The fourth-order valence-electron chi connectivity index (χ4n) is 3.62. The van der Waals surface area contributed by atoms with Gasteiger partial charge in [-0.15, -0.1) is 0 Å². The average molecular weight is 389 g/mol. The first-order valence-corrected chi connectivity index (χ1v) is 9.13. The minimum atomic E-state index is -1.06. The smallest absolute Gasteiger partial charge is 0.410 e. The molecule has 1 fully saturated rings. The molecule has 1 saturated heterocycles. The number of carboxylic acids is 1. The molecule has 9 heteroatoms. The van der Waals surface area contributed by atoms with Gasteiger partial charge in [-0.2, -0.15) is 0 Å². The quantitative estimate of drug-likeness (QED) is 0.469. The van der Waals surface area contributed by atoms with E-state index in [0.29, 0.717) is 43.0 Å². The number of anilines is 1. The third-order valence-electron chi connectivity index (χ3n) is 4.78. The van der Waals surface area contributed by atoms with E-state index in [1.807, 2.05) is 32.6 Å². The van der Waals surface area contributed by atoms with E-state index in [2.05, 4.69) is 10.0 Å². The number of hydrogen-bond acceptors (Lipinski definition) is 5. The Labute approximate surface area is 164 Å². The van der Waals surface area contributed by atoms with E-state index < -0.39 is 11.6 Å². The number of rotatable bonds is 3. The normalized spacial score (nSPS) is 14.5. The first-order valence-electron chi connectivity index (χ1n) is 9.13. The molecule has 0 spiro atoms. The minimum Gasteiger partial charge on any atom is -0.478 e. The number of carbonyl (C=O) groups excluding carboxylic acids is 1. The van der Waals surface area contributed by atoms with Gasteiger partial charge in [0, 0.05) is 42.5 Å². The first-order chi connectivity index (χ1) is 13.0. The Balaban J connectivity index is 2.36. The summed E-state index contributed by atoms with van der Waals surface area (Å²) in [7, 11) is 0. The molecule has 1 N–H and O–H groups in total. The molecule has 28 heavy (non-hydrogen) atoms. The van der Waals surface area contributed by atoms with Gasteiger partial charge in [0.05, 0.1) is 5.56 Å². The van der Waals surface area contributed by atoms with Crippen molar-refractivity contribution in [2.75, 3.05) is 31.1 Å². The maximum Gasteiger partial charge on any atom is 0.410 e. The number of piperazine rings is 1. The van der Waals surface area contributed by atoms with Gasteiger partial charge in [-0.1, -0.05) is 5.11 Å². The van der Waals surface area contributed by atoms with Crippen molar-refractivity contribution in [3.05, 3.63) is 32.7 Å². The van der Waals surface area contributed by atoms with Crippen LogP contribution in [0.5, 0.6) is 0 Å². The molecule has 152 valence electrons. The molecule has 1 aliphatic rings. The van der Waals surface area contributed by atoms with Crippen molar-refractivity contribution in [3.8, 4) is 0 Å². The summed E-state index contributed by atoms with van der Waals surface area (Å²) in [5, 5.41) is 13.4. The van der Waals surface area contributed by atoms with Gasteiger partial charge < -0.3 is 19.6 Å². The summed E-state index contributed by atoms with van der Waals surface area (Å²) in [6, 6.07) is 0. The van der Waals surface area contributed by atoms with Gasteiger partial charge in [-0.3, -0.25) is 0 Å². The van der Waals surface area contributed by atoms with Gasteiger partial charge in [-0.05, 0) is 63.8 Å². The van der Waals surface area contributed by atoms with Crippen molar-refractivity contribution in [2.45, 2.75) is 47.1 Å². The van der Waals surface area contributed by atoms with E-state index in [4.69, 9.17) is 10.3 Å². The highest BCUT2D eigenvalue weighted by molar-refractivity contribution is 5.96. The molecule has 0 saturated carbocycles. The molecule has 9 nitrogen and oxygen atoms in total. The lowest BCUT2D eigenvalue weighted by atomic mass is 9.94. The van der Waals surface area contributed by atoms with Gasteiger partial charge in [0.25, 0.3) is 0 Å². The molecule has 1 aromatic rings. The Morgan fingerprint density at radius 3 is 2.11 bits per heavy atom. The summed E-state index contributed by atoms with van der Waals surface area (Å²) in [4.78, 5) is 30.6. The second-order valence-electron chi connectivity index (χ2n) is 7.90. The van der Waals surface area contributed by atoms with E-state index in [9.17, 15) is 14.7 Å².